The first-order chi connectivity index (χ1) is 17.7. The minimum atomic E-state index is -0.976. The van der Waals surface area contributed by atoms with E-state index in [4.69, 9.17) is 4.74 Å². The lowest BCUT2D eigenvalue weighted by Gasteiger charge is -2.31. The van der Waals surface area contributed by atoms with Gasteiger partial charge in [0.25, 0.3) is 0 Å². The minimum absolute atomic E-state index is 0.114. The number of halogens is 1. The van der Waals surface area contributed by atoms with Crippen LogP contribution >= 0.6 is 22.6 Å². The fourth-order valence-corrected chi connectivity index (χ4v) is 5.20. The molecule has 0 saturated heterocycles. The largest absolute Gasteiger partial charge is 0.507 e. The molecular weight excluding hydrogens is 601 g/mol. The van der Waals surface area contributed by atoms with Crippen molar-refractivity contribution in [1.29, 1.82) is 0 Å². The molecule has 10 heteroatoms. The van der Waals surface area contributed by atoms with Crippen LogP contribution in [0.5, 0.6) is 5.75 Å². The number of rotatable bonds is 2. The Hall–Kier alpha value is -2.63. The van der Waals surface area contributed by atoms with Crippen LogP contribution in [-0.4, -0.2) is 65.0 Å². The van der Waals surface area contributed by atoms with E-state index >= 15 is 0 Å². The third kappa shape index (κ3) is 8.99. The molecule has 0 saturated carbocycles. The van der Waals surface area contributed by atoms with Crippen LogP contribution in [0.4, 0.5) is 0 Å². The fourth-order valence-electron chi connectivity index (χ4n) is 4.62. The number of esters is 1. The molecule has 3 amide bonds. The van der Waals surface area contributed by atoms with Crippen molar-refractivity contribution >= 4 is 46.3 Å². The molecule has 0 radical (unpaired) electrons. The number of benzene rings is 1. The van der Waals surface area contributed by atoms with Crippen molar-refractivity contribution in [3.05, 3.63) is 39.0 Å². The summed E-state index contributed by atoms with van der Waals surface area (Å²) in [6.07, 6.45) is 2.96. The smallest absolute Gasteiger partial charge is 0.328 e. The summed E-state index contributed by atoms with van der Waals surface area (Å²) in [7, 11) is 1.50. The molecule has 1 aromatic rings. The Balaban J connectivity index is 2.40. The van der Waals surface area contributed by atoms with E-state index in [9.17, 15) is 24.3 Å². The first-order valence-electron chi connectivity index (χ1n) is 12.9. The summed E-state index contributed by atoms with van der Waals surface area (Å²) in [5, 5.41) is 15.4. The van der Waals surface area contributed by atoms with Gasteiger partial charge in [0.15, 0.2) is 0 Å². The maximum absolute atomic E-state index is 13.4. The summed E-state index contributed by atoms with van der Waals surface area (Å²) in [6.45, 7) is 10.7. The van der Waals surface area contributed by atoms with Gasteiger partial charge in [-0.2, -0.15) is 0 Å². The Kier molecular flexibility index (Phi) is 11.6. The number of hydrogen-bond donors (Lipinski definition) is 3. The van der Waals surface area contributed by atoms with Gasteiger partial charge >= 0.3 is 5.97 Å². The van der Waals surface area contributed by atoms with Crippen molar-refractivity contribution in [3.8, 4) is 5.75 Å². The number of amides is 3. The zero-order valence-electron chi connectivity index (χ0n) is 23.2. The molecule has 1 aromatic carbocycles. The first kappa shape index (κ1) is 31.6. The van der Waals surface area contributed by atoms with E-state index in [-0.39, 0.29) is 36.0 Å². The third-order valence-corrected chi connectivity index (χ3v) is 7.53. The molecule has 0 aromatic heterocycles. The van der Waals surface area contributed by atoms with Crippen molar-refractivity contribution in [1.82, 2.24) is 15.5 Å². The Morgan fingerprint density at radius 3 is 2.29 bits per heavy atom. The number of phenols is 1. The Labute approximate surface area is 238 Å². The predicted molar refractivity (Wildman–Crippen MR) is 153 cm³/mol. The van der Waals surface area contributed by atoms with Gasteiger partial charge in [0.05, 0.1) is 9.67 Å². The maximum Gasteiger partial charge on any atom is 0.328 e. The molecule has 38 heavy (non-hydrogen) atoms. The number of hydrogen-bond acceptors (Lipinski definition) is 6. The number of nitrogens with zero attached hydrogens (tertiary/aromatic N) is 1. The number of carbonyl (C=O) groups is 4. The van der Waals surface area contributed by atoms with Gasteiger partial charge in [-0.05, 0) is 86.7 Å². The van der Waals surface area contributed by atoms with Crippen molar-refractivity contribution in [2.75, 3.05) is 7.05 Å². The zero-order valence-corrected chi connectivity index (χ0v) is 25.4. The monoisotopic (exact) mass is 641 g/mol. The molecule has 0 fully saturated rings. The fraction of sp³-hybridized carbons (Fsp3) is 0.571. The number of carbonyl (C=O) groups excluding carboxylic acids is 4. The Morgan fingerprint density at radius 1 is 1.03 bits per heavy atom. The average Bonchev–Trinajstić information content (AvgIpc) is 2.82. The van der Waals surface area contributed by atoms with Gasteiger partial charge in [0.2, 0.25) is 17.7 Å². The minimum Gasteiger partial charge on any atom is -0.507 e. The number of ether oxygens (including phenoxy) is 1. The van der Waals surface area contributed by atoms with Gasteiger partial charge in [-0.15, -0.1) is 0 Å². The van der Waals surface area contributed by atoms with Crippen molar-refractivity contribution in [3.63, 3.8) is 0 Å². The predicted octanol–water partition coefficient (Wildman–Crippen LogP) is 3.32. The molecule has 1 aliphatic heterocycles. The molecule has 6 atom stereocenters. The van der Waals surface area contributed by atoms with Gasteiger partial charge in [0.1, 0.15) is 23.9 Å². The van der Waals surface area contributed by atoms with Crippen molar-refractivity contribution < 1.29 is 29.0 Å². The van der Waals surface area contributed by atoms with Gasteiger partial charge < -0.3 is 25.4 Å². The number of phenolic OH excluding ortho intramolecular Hbond substituents is 1. The average molecular weight is 642 g/mol. The summed E-state index contributed by atoms with van der Waals surface area (Å²) < 4.78 is 6.20. The van der Waals surface area contributed by atoms with E-state index < -0.39 is 35.9 Å². The quantitative estimate of drug-likeness (QED) is 0.259. The van der Waals surface area contributed by atoms with Crippen LogP contribution in [0.25, 0.3) is 0 Å². The topological polar surface area (TPSA) is 125 Å². The van der Waals surface area contributed by atoms with E-state index in [1.54, 1.807) is 26.0 Å². The summed E-state index contributed by atoms with van der Waals surface area (Å²) in [6, 6.07) is 2.17. The maximum atomic E-state index is 13.4. The van der Waals surface area contributed by atoms with Crippen LogP contribution in [0, 0.1) is 15.4 Å². The molecule has 1 aliphatic rings. The summed E-state index contributed by atoms with van der Waals surface area (Å²) >= 11 is 1.99. The lowest BCUT2D eigenvalue weighted by molar-refractivity contribution is -0.153. The molecule has 6 unspecified atom stereocenters. The molecule has 9 nitrogen and oxygen atoms in total. The highest BCUT2D eigenvalue weighted by molar-refractivity contribution is 14.1. The van der Waals surface area contributed by atoms with Crippen LogP contribution in [0.2, 0.25) is 0 Å². The lowest BCUT2D eigenvalue weighted by Crippen LogP contribution is -2.56. The second-order valence-corrected chi connectivity index (χ2v) is 11.7. The molecule has 0 aliphatic carbocycles. The zero-order chi connectivity index (χ0) is 28.7. The number of nitrogens with one attached hydrogen (secondary N) is 2. The molecule has 0 spiro atoms. The SMILES string of the molecule is C/C1=C\C(C)CC(C)OC(=O)C(C)NC(=O)C(Cc2ccc(O)c(I)c2)N(C)C(=O)C(C)NC(=O)C(C)C1. The third-order valence-electron chi connectivity index (χ3n) is 6.67. The summed E-state index contributed by atoms with van der Waals surface area (Å²) in [5.41, 5.74) is 1.76. The number of aromatic hydroxyl groups is 1. The van der Waals surface area contributed by atoms with Crippen LogP contribution < -0.4 is 10.6 Å². The van der Waals surface area contributed by atoms with E-state index in [1.165, 1.54) is 18.0 Å². The van der Waals surface area contributed by atoms with Crippen molar-refractivity contribution in [2.45, 2.75) is 85.0 Å². The van der Waals surface area contributed by atoms with E-state index in [0.29, 0.717) is 16.4 Å². The molecule has 3 N–H and O–H groups in total. The molecule has 1 heterocycles. The second-order valence-electron chi connectivity index (χ2n) is 10.5. The van der Waals surface area contributed by atoms with E-state index in [1.807, 2.05) is 50.3 Å². The van der Waals surface area contributed by atoms with E-state index in [0.717, 1.165) is 11.1 Å². The van der Waals surface area contributed by atoms with Gasteiger partial charge in [-0.25, -0.2) is 4.79 Å². The highest BCUT2D eigenvalue weighted by atomic mass is 127. The standard InChI is InChI=1S/C28H40IN3O6/c1-15-10-16(2)12-18(4)38-28(37)20(6)31-26(35)23(14-21-8-9-24(33)22(29)13-21)32(7)27(36)19(5)30-25(34)17(3)11-15/h8-10,13,16-20,23,33H,11-12,14H2,1-7H3,(H,30,34)(H,31,35)/b15-10+. The molecular formula is C28H40IN3O6. The highest BCUT2D eigenvalue weighted by Crippen LogP contribution is 2.22. The normalized spacial score (nSPS) is 30.3. The summed E-state index contributed by atoms with van der Waals surface area (Å²) in [4.78, 5) is 53.7. The number of cyclic esters (lactones) is 1. The van der Waals surface area contributed by atoms with E-state index in [2.05, 4.69) is 16.7 Å². The number of allylic oxidation sites excluding steroid dienone is 2. The molecule has 2 rings (SSSR count). The van der Waals surface area contributed by atoms with Crippen LogP contribution in [0.15, 0.2) is 29.8 Å². The summed E-state index contributed by atoms with van der Waals surface area (Å²) in [5.74, 6) is -1.89. The van der Waals surface area contributed by atoms with Crippen LogP contribution in [0.1, 0.15) is 59.9 Å². The van der Waals surface area contributed by atoms with Gasteiger partial charge in [0, 0.05) is 19.4 Å². The van der Waals surface area contributed by atoms with Crippen molar-refractivity contribution in [2.24, 2.45) is 11.8 Å². The van der Waals surface area contributed by atoms with Crippen LogP contribution in [-0.2, 0) is 30.3 Å². The van der Waals surface area contributed by atoms with Gasteiger partial charge in [-0.3, -0.25) is 14.4 Å². The lowest BCUT2D eigenvalue weighted by atomic mass is 9.95. The Bertz CT molecular complexity index is 1070. The molecule has 0 bridgehead atoms. The molecule has 210 valence electrons. The number of likely N-dealkylation sites (N-methyl/N-ethyl adjacent to an activating group) is 1. The van der Waals surface area contributed by atoms with Gasteiger partial charge in [-0.1, -0.05) is 31.6 Å². The Morgan fingerprint density at radius 2 is 1.66 bits per heavy atom. The second kappa shape index (κ2) is 14.0. The highest BCUT2D eigenvalue weighted by Gasteiger charge is 2.33. The van der Waals surface area contributed by atoms with Crippen LogP contribution in [0.3, 0.4) is 0 Å². The first-order valence-corrected chi connectivity index (χ1v) is 14.0.